The minimum absolute atomic E-state index is 0.348. The van der Waals surface area contributed by atoms with E-state index in [0.717, 1.165) is 18.5 Å². The first-order valence-corrected chi connectivity index (χ1v) is 8.55. The maximum atomic E-state index is 12.0. The number of benzene rings is 1. The molecule has 1 aliphatic rings. The van der Waals surface area contributed by atoms with Gasteiger partial charge in [-0.2, -0.15) is 5.10 Å². The minimum atomic E-state index is -0.449. The molecule has 0 bridgehead atoms. The van der Waals surface area contributed by atoms with E-state index in [0.29, 0.717) is 33.8 Å². The van der Waals surface area contributed by atoms with Crippen molar-refractivity contribution in [3.05, 3.63) is 53.4 Å². The van der Waals surface area contributed by atoms with Crippen LogP contribution < -0.4 is 5.32 Å². The topological polar surface area (TPSA) is 81.9 Å². The van der Waals surface area contributed by atoms with Gasteiger partial charge in [0.1, 0.15) is 0 Å². The van der Waals surface area contributed by atoms with Gasteiger partial charge in [0.05, 0.1) is 47.5 Å². The molecule has 2 aromatic heterocycles. The second-order valence-corrected chi connectivity index (χ2v) is 6.40. The van der Waals surface area contributed by atoms with Crippen LogP contribution in [0.25, 0.3) is 11.3 Å². The van der Waals surface area contributed by atoms with Crippen LogP contribution >= 0.6 is 11.6 Å². The number of halogens is 1. The van der Waals surface area contributed by atoms with E-state index in [-0.39, 0.29) is 0 Å². The number of aromatic nitrogens is 4. The highest BCUT2D eigenvalue weighted by Crippen LogP contribution is 2.35. The second kappa shape index (κ2) is 6.76. The maximum Gasteiger partial charge on any atom is 0.338 e. The zero-order chi connectivity index (χ0) is 18.1. The lowest BCUT2D eigenvalue weighted by Crippen LogP contribution is -2.05. The predicted molar refractivity (Wildman–Crippen MR) is 97.6 cm³/mol. The van der Waals surface area contributed by atoms with Crippen molar-refractivity contribution in [3.8, 4) is 11.3 Å². The molecule has 8 heteroatoms. The van der Waals surface area contributed by atoms with Crippen molar-refractivity contribution >= 4 is 29.2 Å². The largest absolute Gasteiger partial charge is 0.465 e. The van der Waals surface area contributed by atoms with Gasteiger partial charge in [0, 0.05) is 11.8 Å². The summed E-state index contributed by atoms with van der Waals surface area (Å²) in [6, 6.07) is 7.52. The fourth-order valence-corrected chi connectivity index (χ4v) is 2.86. The van der Waals surface area contributed by atoms with E-state index < -0.39 is 5.97 Å². The van der Waals surface area contributed by atoms with E-state index >= 15 is 0 Å². The first kappa shape index (κ1) is 16.5. The summed E-state index contributed by atoms with van der Waals surface area (Å²) in [5, 5.41) is 7.81. The molecular formula is C18H16ClN5O2. The maximum absolute atomic E-state index is 12.0. The Morgan fingerprint density at radius 1 is 1.31 bits per heavy atom. The van der Waals surface area contributed by atoms with Crippen molar-refractivity contribution in [1.82, 2.24) is 19.7 Å². The van der Waals surface area contributed by atoms with E-state index in [1.807, 2.05) is 16.9 Å². The summed E-state index contributed by atoms with van der Waals surface area (Å²) in [6.07, 6.45) is 7.49. The predicted octanol–water partition coefficient (Wildman–Crippen LogP) is 3.86. The van der Waals surface area contributed by atoms with Crippen LogP contribution in [0.2, 0.25) is 5.02 Å². The highest BCUT2D eigenvalue weighted by atomic mass is 35.5. The average Bonchev–Trinajstić information content (AvgIpc) is 3.42. The Hall–Kier alpha value is -2.93. The Bertz CT molecular complexity index is 968. The number of anilines is 2. The zero-order valence-corrected chi connectivity index (χ0v) is 14.8. The third kappa shape index (κ3) is 3.25. The van der Waals surface area contributed by atoms with Crippen LogP contribution in [0.1, 0.15) is 29.2 Å². The molecule has 26 heavy (non-hydrogen) atoms. The lowest BCUT2D eigenvalue weighted by molar-refractivity contribution is 0.0601. The monoisotopic (exact) mass is 369 g/mol. The van der Waals surface area contributed by atoms with Crippen LogP contribution in [0.3, 0.4) is 0 Å². The van der Waals surface area contributed by atoms with Crippen molar-refractivity contribution in [1.29, 1.82) is 0 Å². The van der Waals surface area contributed by atoms with Gasteiger partial charge < -0.3 is 10.1 Å². The number of methoxy groups -OCH3 is 1. The summed E-state index contributed by atoms with van der Waals surface area (Å²) in [4.78, 5) is 20.7. The number of rotatable bonds is 5. The smallest absolute Gasteiger partial charge is 0.338 e. The van der Waals surface area contributed by atoms with E-state index in [4.69, 9.17) is 16.3 Å². The van der Waals surface area contributed by atoms with Gasteiger partial charge >= 0.3 is 5.97 Å². The molecule has 2 heterocycles. The molecule has 0 spiro atoms. The summed E-state index contributed by atoms with van der Waals surface area (Å²) in [7, 11) is 1.34. The molecule has 0 atom stereocenters. The normalized spacial score (nSPS) is 13.5. The SMILES string of the molecule is COC(=O)c1ccccc1-c1nc(Nc2cnn(C3CC3)c2)ncc1Cl. The minimum Gasteiger partial charge on any atom is -0.465 e. The van der Waals surface area contributed by atoms with E-state index in [1.54, 1.807) is 24.4 Å². The Balaban J connectivity index is 1.67. The van der Waals surface area contributed by atoms with Gasteiger partial charge in [0.2, 0.25) is 5.95 Å². The third-order valence-electron chi connectivity index (χ3n) is 4.11. The van der Waals surface area contributed by atoms with E-state index in [1.165, 1.54) is 13.3 Å². The van der Waals surface area contributed by atoms with Gasteiger partial charge in [-0.05, 0) is 18.9 Å². The van der Waals surface area contributed by atoms with Crippen molar-refractivity contribution < 1.29 is 9.53 Å². The van der Waals surface area contributed by atoms with Crippen LogP contribution in [-0.4, -0.2) is 32.8 Å². The van der Waals surface area contributed by atoms with Gasteiger partial charge in [0.25, 0.3) is 0 Å². The Labute approximate surface area is 155 Å². The molecular weight excluding hydrogens is 354 g/mol. The number of hydrogen-bond donors (Lipinski definition) is 1. The number of esters is 1. The van der Waals surface area contributed by atoms with Crippen LogP contribution in [0.5, 0.6) is 0 Å². The Kier molecular flexibility index (Phi) is 4.30. The molecule has 1 aromatic carbocycles. The number of nitrogens with zero attached hydrogens (tertiary/aromatic N) is 4. The second-order valence-electron chi connectivity index (χ2n) is 5.99. The quantitative estimate of drug-likeness (QED) is 0.688. The number of ether oxygens (including phenoxy) is 1. The molecule has 1 fully saturated rings. The molecule has 0 saturated heterocycles. The van der Waals surface area contributed by atoms with Crippen molar-refractivity contribution in [3.63, 3.8) is 0 Å². The summed E-state index contributed by atoms with van der Waals surface area (Å²) in [5.41, 5.74) is 2.23. The summed E-state index contributed by atoms with van der Waals surface area (Å²) < 4.78 is 6.78. The summed E-state index contributed by atoms with van der Waals surface area (Å²) in [6.45, 7) is 0. The average molecular weight is 370 g/mol. The van der Waals surface area contributed by atoms with Crippen LogP contribution in [0.4, 0.5) is 11.6 Å². The van der Waals surface area contributed by atoms with Gasteiger partial charge in [0.15, 0.2) is 0 Å². The lowest BCUT2D eigenvalue weighted by atomic mass is 10.0. The Morgan fingerprint density at radius 2 is 2.12 bits per heavy atom. The molecule has 1 N–H and O–H groups in total. The number of nitrogens with one attached hydrogen (secondary N) is 1. The molecule has 132 valence electrons. The number of carbonyl (C=O) groups is 1. The molecule has 4 rings (SSSR count). The van der Waals surface area contributed by atoms with Gasteiger partial charge in [-0.1, -0.05) is 29.8 Å². The molecule has 3 aromatic rings. The molecule has 7 nitrogen and oxygen atoms in total. The standard InChI is InChI=1S/C18H16ClN5O2/c1-26-17(25)14-5-3-2-4-13(14)16-15(19)9-20-18(23-16)22-11-8-21-24(10-11)12-6-7-12/h2-5,8-10,12H,6-7H2,1H3,(H,20,22,23). The van der Waals surface area contributed by atoms with Crippen LogP contribution in [0, 0.1) is 0 Å². The van der Waals surface area contributed by atoms with Crippen molar-refractivity contribution in [2.24, 2.45) is 0 Å². The number of carbonyl (C=O) groups excluding carboxylic acids is 1. The fraction of sp³-hybridized carbons (Fsp3) is 0.222. The van der Waals surface area contributed by atoms with Crippen LogP contribution in [0.15, 0.2) is 42.9 Å². The van der Waals surface area contributed by atoms with Crippen molar-refractivity contribution in [2.45, 2.75) is 18.9 Å². The highest BCUT2D eigenvalue weighted by molar-refractivity contribution is 6.33. The zero-order valence-electron chi connectivity index (χ0n) is 14.0. The fourth-order valence-electron chi connectivity index (χ4n) is 2.66. The van der Waals surface area contributed by atoms with Gasteiger partial charge in [-0.15, -0.1) is 0 Å². The first-order chi connectivity index (χ1) is 12.7. The van der Waals surface area contributed by atoms with Gasteiger partial charge in [-0.3, -0.25) is 4.68 Å². The first-order valence-electron chi connectivity index (χ1n) is 8.17. The molecule has 0 unspecified atom stereocenters. The van der Waals surface area contributed by atoms with Crippen LogP contribution in [-0.2, 0) is 4.74 Å². The molecule has 0 aliphatic heterocycles. The molecule has 0 amide bonds. The summed E-state index contributed by atoms with van der Waals surface area (Å²) >= 11 is 6.29. The lowest BCUT2D eigenvalue weighted by Gasteiger charge is -2.10. The highest BCUT2D eigenvalue weighted by Gasteiger charge is 2.24. The Morgan fingerprint density at radius 3 is 2.88 bits per heavy atom. The molecule has 1 saturated carbocycles. The van der Waals surface area contributed by atoms with Gasteiger partial charge in [-0.25, -0.2) is 14.8 Å². The molecule has 1 aliphatic carbocycles. The summed E-state index contributed by atoms with van der Waals surface area (Å²) in [5.74, 6) is -0.0742. The van der Waals surface area contributed by atoms with E-state index in [2.05, 4.69) is 20.4 Å². The number of hydrogen-bond acceptors (Lipinski definition) is 6. The van der Waals surface area contributed by atoms with Crippen molar-refractivity contribution in [2.75, 3.05) is 12.4 Å². The molecule has 0 radical (unpaired) electrons. The third-order valence-corrected chi connectivity index (χ3v) is 4.39. The van der Waals surface area contributed by atoms with E-state index in [9.17, 15) is 4.79 Å².